The Bertz CT molecular complexity index is 1520. The molecular formula is C28H27Br3N4O2. The third-order valence-corrected chi connectivity index (χ3v) is 7.58. The van der Waals surface area contributed by atoms with Gasteiger partial charge in [-0.15, -0.1) is 0 Å². The highest BCUT2D eigenvalue weighted by Crippen LogP contribution is 2.27. The topological polar surface area (TPSA) is 59.7 Å². The minimum Gasteiger partial charge on any atom is -0.488 e. The zero-order valence-corrected chi connectivity index (χ0v) is 25.6. The second-order valence-electron chi connectivity index (χ2n) is 8.80. The number of unbranched alkanes of at least 4 members (excludes halogenated alkanes) is 1. The van der Waals surface area contributed by atoms with E-state index in [2.05, 4.69) is 59.8 Å². The monoisotopic (exact) mass is 688 g/mol. The van der Waals surface area contributed by atoms with Gasteiger partial charge in [0.15, 0.2) is 0 Å². The van der Waals surface area contributed by atoms with E-state index in [9.17, 15) is 4.79 Å². The molecule has 0 fully saturated rings. The van der Waals surface area contributed by atoms with Gasteiger partial charge in [0, 0.05) is 56.8 Å². The average molecular weight is 691 g/mol. The van der Waals surface area contributed by atoms with Crippen molar-refractivity contribution in [3.05, 3.63) is 95.3 Å². The molecule has 9 heteroatoms. The van der Waals surface area contributed by atoms with Crippen LogP contribution in [-0.4, -0.2) is 30.0 Å². The normalized spacial score (nSPS) is 11.4. The minimum atomic E-state index is -0.195. The Balaban J connectivity index is 1.74. The number of nitrogens with zero attached hydrogens (tertiary/aromatic N) is 4. The van der Waals surface area contributed by atoms with Crippen molar-refractivity contribution in [1.82, 2.24) is 9.66 Å². The molecule has 0 N–H and O–H groups in total. The molecule has 0 bridgehead atoms. The summed E-state index contributed by atoms with van der Waals surface area (Å²) in [4.78, 5) is 20.2. The number of hydrogen-bond acceptors (Lipinski definition) is 5. The Hall–Kier alpha value is -2.49. The van der Waals surface area contributed by atoms with Crippen LogP contribution < -0.4 is 15.2 Å². The second-order valence-corrected chi connectivity index (χ2v) is 11.5. The van der Waals surface area contributed by atoms with Crippen molar-refractivity contribution >= 4 is 70.6 Å². The number of aromatic nitrogens is 2. The molecule has 1 heterocycles. The van der Waals surface area contributed by atoms with E-state index in [1.807, 2.05) is 67.5 Å². The third-order valence-electron chi connectivity index (χ3n) is 5.85. The molecule has 4 rings (SSSR count). The molecule has 0 unspecified atom stereocenters. The minimum absolute atomic E-state index is 0.195. The number of hydrogen-bond donors (Lipinski definition) is 0. The van der Waals surface area contributed by atoms with E-state index in [1.165, 1.54) is 4.68 Å². The fourth-order valence-corrected chi connectivity index (χ4v) is 5.28. The summed E-state index contributed by atoms with van der Waals surface area (Å²) < 4.78 is 10.5. The molecule has 0 amide bonds. The van der Waals surface area contributed by atoms with Crippen molar-refractivity contribution in [3.63, 3.8) is 0 Å². The summed E-state index contributed by atoms with van der Waals surface area (Å²) in [6.45, 7) is 2.49. The molecule has 0 aliphatic carbocycles. The van der Waals surface area contributed by atoms with E-state index in [0.29, 0.717) is 35.5 Å². The molecule has 37 heavy (non-hydrogen) atoms. The number of halogens is 3. The van der Waals surface area contributed by atoms with Crippen LogP contribution in [-0.2, 0) is 13.0 Å². The van der Waals surface area contributed by atoms with Gasteiger partial charge in [0.25, 0.3) is 5.56 Å². The Labute approximate surface area is 241 Å². The van der Waals surface area contributed by atoms with Gasteiger partial charge in [-0.2, -0.15) is 9.78 Å². The van der Waals surface area contributed by atoms with Crippen molar-refractivity contribution in [2.24, 2.45) is 5.10 Å². The maximum absolute atomic E-state index is 13.4. The Kier molecular flexibility index (Phi) is 9.21. The quantitative estimate of drug-likeness (QED) is 0.170. The van der Waals surface area contributed by atoms with E-state index in [1.54, 1.807) is 12.3 Å². The summed E-state index contributed by atoms with van der Waals surface area (Å²) >= 11 is 10.6. The van der Waals surface area contributed by atoms with Crippen LogP contribution in [0.3, 0.4) is 0 Å². The lowest BCUT2D eigenvalue weighted by Gasteiger charge is -2.16. The second kappa shape index (κ2) is 12.4. The van der Waals surface area contributed by atoms with Crippen molar-refractivity contribution in [1.29, 1.82) is 0 Å². The molecule has 192 valence electrons. The first kappa shape index (κ1) is 27.5. The molecule has 3 aromatic carbocycles. The number of anilines is 1. The van der Waals surface area contributed by atoms with Crippen LogP contribution in [0.5, 0.6) is 5.75 Å². The Morgan fingerprint density at radius 3 is 2.51 bits per heavy atom. The smallest absolute Gasteiger partial charge is 0.282 e. The summed E-state index contributed by atoms with van der Waals surface area (Å²) in [6, 6.07) is 17.5. The largest absolute Gasteiger partial charge is 0.488 e. The lowest BCUT2D eigenvalue weighted by Crippen LogP contribution is -2.22. The molecular weight excluding hydrogens is 664 g/mol. The first-order valence-electron chi connectivity index (χ1n) is 11.9. The molecule has 0 saturated carbocycles. The fraction of sp³-hybridized carbons (Fsp3) is 0.250. The predicted molar refractivity (Wildman–Crippen MR) is 162 cm³/mol. The average Bonchev–Trinajstić information content (AvgIpc) is 2.87. The molecule has 0 spiro atoms. The van der Waals surface area contributed by atoms with Gasteiger partial charge in [0.2, 0.25) is 0 Å². The number of benzene rings is 3. The molecule has 0 saturated heterocycles. The van der Waals surface area contributed by atoms with E-state index in [0.717, 1.165) is 43.1 Å². The molecule has 6 nitrogen and oxygen atoms in total. The SMILES string of the molecule is CCCCc1nc2ccc(Br)cc2c(=O)n1N=Cc1ccc(N(C)C)cc1OCc1ccc(Br)cc1Br. The summed E-state index contributed by atoms with van der Waals surface area (Å²) in [7, 11) is 3.97. The van der Waals surface area contributed by atoms with Gasteiger partial charge in [0.05, 0.1) is 17.1 Å². The van der Waals surface area contributed by atoms with Crippen molar-refractivity contribution in [3.8, 4) is 5.75 Å². The lowest BCUT2D eigenvalue weighted by molar-refractivity contribution is 0.305. The molecule has 0 radical (unpaired) electrons. The summed E-state index contributed by atoms with van der Waals surface area (Å²) in [5.74, 6) is 1.31. The molecule has 0 aliphatic heterocycles. The third kappa shape index (κ3) is 6.69. The van der Waals surface area contributed by atoms with Crippen LogP contribution in [0.15, 0.2) is 77.9 Å². The predicted octanol–water partition coefficient (Wildman–Crippen LogP) is 7.55. The van der Waals surface area contributed by atoms with E-state index in [4.69, 9.17) is 9.72 Å². The number of ether oxygens (including phenoxy) is 1. The number of aryl methyl sites for hydroxylation is 1. The van der Waals surface area contributed by atoms with Gasteiger partial charge in [-0.3, -0.25) is 4.79 Å². The highest BCUT2D eigenvalue weighted by atomic mass is 79.9. The van der Waals surface area contributed by atoms with Crippen molar-refractivity contribution in [2.75, 3.05) is 19.0 Å². The Morgan fingerprint density at radius 1 is 1.03 bits per heavy atom. The van der Waals surface area contributed by atoms with Crippen LogP contribution >= 0.6 is 47.8 Å². The first-order chi connectivity index (χ1) is 17.8. The van der Waals surface area contributed by atoms with E-state index < -0.39 is 0 Å². The summed E-state index contributed by atoms with van der Waals surface area (Å²) in [5, 5.41) is 5.14. The Morgan fingerprint density at radius 2 is 1.78 bits per heavy atom. The maximum atomic E-state index is 13.4. The fourth-order valence-electron chi connectivity index (χ4n) is 3.76. The van der Waals surface area contributed by atoms with Gasteiger partial charge in [-0.05, 0) is 48.9 Å². The standard InChI is InChI=1S/C28H27Br3N4O2/c1-4-5-6-27-33-25-12-10-20(29)13-23(25)28(36)35(27)32-16-18-8-11-22(34(2)3)15-26(18)37-17-19-7-9-21(30)14-24(19)31/h7-16H,4-6,17H2,1-3H3. The van der Waals surface area contributed by atoms with Crippen molar-refractivity contribution in [2.45, 2.75) is 32.8 Å². The zero-order valence-electron chi connectivity index (χ0n) is 20.8. The van der Waals surface area contributed by atoms with Gasteiger partial charge >= 0.3 is 0 Å². The zero-order chi connectivity index (χ0) is 26.5. The number of fused-ring (bicyclic) bond motifs is 1. The first-order valence-corrected chi connectivity index (χ1v) is 14.3. The van der Waals surface area contributed by atoms with Crippen LogP contribution in [0.2, 0.25) is 0 Å². The lowest BCUT2D eigenvalue weighted by atomic mass is 10.2. The van der Waals surface area contributed by atoms with E-state index >= 15 is 0 Å². The van der Waals surface area contributed by atoms with Gasteiger partial charge < -0.3 is 9.64 Å². The molecule has 1 aromatic heterocycles. The summed E-state index contributed by atoms with van der Waals surface area (Å²) in [5.41, 5.74) is 3.26. The van der Waals surface area contributed by atoms with Crippen LogP contribution in [0, 0.1) is 0 Å². The highest BCUT2D eigenvalue weighted by molar-refractivity contribution is 9.11. The van der Waals surface area contributed by atoms with Gasteiger partial charge in [-0.25, -0.2) is 4.98 Å². The van der Waals surface area contributed by atoms with Crippen LogP contribution in [0.1, 0.15) is 36.7 Å². The van der Waals surface area contributed by atoms with Crippen LogP contribution in [0.25, 0.3) is 10.9 Å². The molecule has 0 aliphatic rings. The van der Waals surface area contributed by atoms with Crippen molar-refractivity contribution < 1.29 is 4.74 Å². The van der Waals surface area contributed by atoms with E-state index in [-0.39, 0.29) is 5.56 Å². The maximum Gasteiger partial charge on any atom is 0.282 e. The number of rotatable bonds is 9. The highest BCUT2D eigenvalue weighted by Gasteiger charge is 2.12. The van der Waals surface area contributed by atoms with Crippen LogP contribution in [0.4, 0.5) is 5.69 Å². The molecule has 4 aromatic rings. The van der Waals surface area contributed by atoms with Gasteiger partial charge in [-0.1, -0.05) is 67.2 Å². The van der Waals surface area contributed by atoms with Gasteiger partial charge in [0.1, 0.15) is 18.2 Å². The molecule has 0 atom stereocenters. The summed E-state index contributed by atoms with van der Waals surface area (Å²) in [6.07, 6.45) is 4.24.